The van der Waals surface area contributed by atoms with Gasteiger partial charge in [-0.2, -0.15) is 0 Å². The number of hydrogen-bond acceptors (Lipinski definition) is 3. The molecule has 0 fully saturated rings. The third-order valence-corrected chi connectivity index (χ3v) is 2.26. The summed E-state index contributed by atoms with van der Waals surface area (Å²) in [6.45, 7) is 0. The van der Waals surface area contributed by atoms with Crippen LogP contribution in [0.1, 0.15) is 0 Å². The van der Waals surface area contributed by atoms with E-state index >= 15 is 0 Å². The monoisotopic (exact) mass is 191 g/mol. The Morgan fingerprint density at radius 2 is 2.23 bits per heavy atom. The van der Waals surface area contributed by atoms with Gasteiger partial charge in [0.25, 0.3) is 0 Å². The lowest BCUT2D eigenvalue weighted by atomic mass is 10.2. The lowest BCUT2D eigenvalue weighted by Gasteiger charge is -2.02. The van der Waals surface area contributed by atoms with Crippen LogP contribution in [-0.4, -0.2) is 12.1 Å². The normalized spacial score (nSPS) is 10.3. The molecule has 66 valence electrons. The molecule has 1 aromatic heterocycles. The van der Waals surface area contributed by atoms with Crippen LogP contribution in [0.15, 0.2) is 35.4 Å². The van der Waals surface area contributed by atoms with Crippen molar-refractivity contribution in [3.05, 3.63) is 30.5 Å². The first-order valence-electron chi connectivity index (χ1n) is 3.93. The summed E-state index contributed by atoms with van der Waals surface area (Å²) in [4.78, 5) is 5.14. The summed E-state index contributed by atoms with van der Waals surface area (Å²) in [5.41, 5.74) is 0.909. The first-order valence-corrected chi connectivity index (χ1v) is 4.38. The van der Waals surface area contributed by atoms with Crippen LogP contribution in [0.5, 0.6) is 5.75 Å². The van der Waals surface area contributed by atoms with Crippen molar-refractivity contribution in [1.82, 2.24) is 4.98 Å². The summed E-state index contributed by atoms with van der Waals surface area (Å²) < 4.78 is 5.07. The zero-order valence-electron chi connectivity index (χ0n) is 7.19. The molecule has 0 aliphatic carbocycles. The molecule has 0 aliphatic rings. The lowest BCUT2D eigenvalue weighted by Crippen LogP contribution is -1.85. The van der Waals surface area contributed by atoms with Gasteiger partial charge in [-0.3, -0.25) is 4.98 Å². The maximum absolute atomic E-state index is 5.07. The number of aromatic nitrogens is 1. The van der Waals surface area contributed by atoms with E-state index in [9.17, 15) is 0 Å². The van der Waals surface area contributed by atoms with E-state index in [2.05, 4.69) is 17.6 Å². The number of rotatable bonds is 1. The minimum absolute atomic E-state index is 0.770. The average molecular weight is 191 g/mol. The van der Waals surface area contributed by atoms with Crippen molar-refractivity contribution in [3.8, 4) is 5.75 Å². The molecular formula is C10H9NOS. The van der Waals surface area contributed by atoms with Crippen molar-refractivity contribution < 1.29 is 4.74 Å². The third kappa shape index (κ3) is 1.47. The molecule has 2 nitrogen and oxygen atoms in total. The molecule has 0 radical (unpaired) electrons. The minimum atomic E-state index is 0.770. The van der Waals surface area contributed by atoms with Gasteiger partial charge in [-0.25, -0.2) is 0 Å². The van der Waals surface area contributed by atoms with Gasteiger partial charge < -0.3 is 4.74 Å². The number of benzene rings is 1. The van der Waals surface area contributed by atoms with Gasteiger partial charge in [-0.1, -0.05) is 12.1 Å². The van der Waals surface area contributed by atoms with Crippen LogP contribution in [0.25, 0.3) is 10.9 Å². The Bertz CT molecular complexity index is 442. The fraction of sp³-hybridized carbons (Fsp3) is 0.100. The Balaban J connectivity index is 2.72. The van der Waals surface area contributed by atoms with Crippen LogP contribution in [0.2, 0.25) is 0 Å². The largest absolute Gasteiger partial charge is 0.495 e. The Labute approximate surface area is 82.0 Å². The standard InChI is InChI=1S/C10H9NOS/c1-12-8-5-7-3-2-4-9(13)10(7)11-6-8/h2-6,13H,1H3. The number of para-hydroxylation sites is 1. The smallest absolute Gasteiger partial charge is 0.137 e. The molecule has 2 aromatic rings. The predicted molar refractivity (Wildman–Crippen MR) is 55.5 cm³/mol. The molecule has 0 N–H and O–H groups in total. The topological polar surface area (TPSA) is 22.1 Å². The van der Waals surface area contributed by atoms with Gasteiger partial charge in [0.1, 0.15) is 5.75 Å². The summed E-state index contributed by atoms with van der Waals surface area (Å²) in [5, 5.41) is 1.05. The zero-order chi connectivity index (χ0) is 9.26. The Morgan fingerprint density at radius 3 is 3.00 bits per heavy atom. The lowest BCUT2D eigenvalue weighted by molar-refractivity contribution is 0.413. The first kappa shape index (κ1) is 8.38. The van der Waals surface area contributed by atoms with Crippen LogP contribution >= 0.6 is 12.6 Å². The molecule has 0 atom stereocenters. The second-order valence-corrected chi connectivity index (χ2v) is 3.21. The maximum Gasteiger partial charge on any atom is 0.137 e. The molecule has 2 rings (SSSR count). The van der Waals surface area contributed by atoms with Gasteiger partial charge in [0.05, 0.1) is 18.8 Å². The van der Waals surface area contributed by atoms with Crippen LogP contribution in [0.3, 0.4) is 0 Å². The van der Waals surface area contributed by atoms with Gasteiger partial charge in [-0.15, -0.1) is 12.6 Å². The van der Waals surface area contributed by atoms with Crippen molar-refractivity contribution >= 4 is 23.5 Å². The zero-order valence-corrected chi connectivity index (χ0v) is 8.08. The molecule has 0 amide bonds. The van der Waals surface area contributed by atoms with E-state index in [1.54, 1.807) is 13.3 Å². The summed E-state index contributed by atoms with van der Waals surface area (Å²) in [5.74, 6) is 0.770. The van der Waals surface area contributed by atoms with Crippen LogP contribution in [-0.2, 0) is 0 Å². The molecular weight excluding hydrogens is 182 g/mol. The third-order valence-electron chi connectivity index (χ3n) is 1.90. The van der Waals surface area contributed by atoms with Gasteiger partial charge >= 0.3 is 0 Å². The average Bonchev–Trinajstić information content (AvgIpc) is 2.18. The number of thiol groups is 1. The van der Waals surface area contributed by atoms with Gasteiger partial charge in [0, 0.05) is 10.3 Å². The van der Waals surface area contributed by atoms with Crippen molar-refractivity contribution in [2.24, 2.45) is 0 Å². The quantitative estimate of drug-likeness (QED) is 0.700. The van der Waals surface area contributed by atoms with Crippen LogP contribution in [0.4, 0.5) is 0 Å². The van der Waals surface area contributed by atoms with E-state index in [0.29, 0.717) is 0 Å². The highest BCUT2D eigenvalue weighted by atomic mass is 32.1. The van der Waals surface area contributed by atoms with E-state index in [1.165, 1.54) is 0 Å². The SMILES string of the molecule is COc1cnc2c(S)cccc2c1. The summed E-state index contributed by atoms with van der Waals surface area (Å²) >= 11 is 4.31. The molecule has 1 aromatic carbocycles. The summed E-state index contributed by atoms with van der Waals surface area (Å²) in [6.07, 6.45) is 1.70. The second kappa shape index (κ2) is 3.26. The molecule has 0 unspecified atom stereocenters. The highest BCUT2D eigenvalue weighted by Gasteiger charge is 1.99. The molecule has 1 heterocycles. The number of methoxy groups -OCH3 is 1. The highest BCUT2D eigenvalue weighted by Crippen LogP contribution is 2.22. The number of fused-ring (bicyclic) bond motifs is 1. The summed E-state index contributed by atoms with van der Waals surface area (Å²) in [7, 11) is 1.63. The number of pyridine rings is 1. The highest BCUT2D eigenvalue weighted by molar-refractivity contribution is 7.80. The van der Waals surface area contributed by atoms with Gasteiger partial charge in [0.2, 0.25) is 0 Å². The number of nitrogens with zero attached hydrogens (tertiary/aromatic N) is 1. The minimum Gasteiger partial charge on any atom is -0.495 e. The molecule has 13 heavy (non-hydrogen) atoms. The second-order valence-electron chi connectivity index (χ2n) is 2.72. The van der Waals surface area contributed by atoms with E-state index in [0.717, 1.165) is 21.5 Å². The molecule has 0 saturated carbocycles. The van der Waals surface area contributed by atoms with E-state index < -0.39 is 0 Å². The van der Waals surface area contributed by atoms with E-state index in [-0.39, 0.29) is 0 Å². The van der Waals surface area contributed by atoms with Crippen molar-refractivity contribution in [2.45, 2.75) is 4.90 Å². The molecule has 0 aliphatic heterocycles. The van der Waals surface area contributed by atoms with E-state index in [4.69, 9.17) is 4.74 Å². The van der Waals surface area contributed by atoms with Crippen molar-refractivity contribution in [2.75, 3.05) is 7.11 Å². The fourth-order valence-electron chi connectivity index (χ4n) is 1.24. The Kier molecular flexibility index (Phi) is 2.10. The predicted octanol–water partition coefficient (Wildman–Crippen LogP) is 2.53. The number of ether oxygens (including phenoxy) is 1. The molecule has 3 heteroatoms. The summed E-state index contributed by atoms with van der Waals surface area (Å²) in [6, 6.07) is 7.81. The van der Waals surface area contributed by atoms with Crippen LogP contribution < -0.4 is 4.74 Å². The van der Waals surface area contributed by atoms with Crippen molar-refractivity contribution in [3.63, 3.8) is 0 Å². The Morgan fingerprint density at radius 1 is 1.38 bits per heavy atom. The van der Waals surface area contributed by atoms with E-state index in [1.807, 2.05) is 24.3 Å². The van der Waals surface area contributed by atoms with Crippen molar-refractivity contribution in [1.29, 1.82) is 0 Å². The molecule has 0 saturated heterocycles. The maximum atomic E-state index is 5.07. The molecule has 0 spiro atoms. The number of hydrogen-bond donors (Lipinski definition) is 1. The molecule has 0 bridgehead atoms. The fourth-order valence-corrected chi connectivity index (χ4v) is 1.51. The first-order chi connectivity index (χ1) is 6.31. The van der Waals surface area contributed by atoms with Crippen LogP contribution in [0, 0.1) is 0 Å². The van der Waals surface area contributed by atoms with Gasteiger partial charge in [0.15, 0.2) is 0 Å². The van der Waals surface area contributed by atoms with Gasteiger partial charge in [-0.05, 0) is 12.1 Å². The Hall–Kier alpha value is -1.22.